The molecule has 3 unspecified atom stereocenters. The number of para-hydroxylation sites is 1. The lowest BCUT2D eigenvalue weighted by atomic mass is 9.70. The van der Waals surface area contributed by atoms with Crippen molar-refractivity contribution in [2.75, 3.05) is 24.6 Å². The molecule has 2 aromatic carbocycles. The van der Waals surface area contributed by atoms with Gasteiger partial charge >= 0.3 is 0 Å². The van der Waals surface area contributed by atoms with Crippen LogP contribution in [0.5, 0.6) is 0 Å². The van der Waals surface area contributed by atoms with Gasteiger partial charge in [0.2, 0.25) is 17.7 Å². The fourth-order valence-electron chi connectivity index (χ4n) is 7.25. The molecule has 3 aliphatic heterocycles. The minimum absolute atomic E-state index is 0.170. The third-order valence-corrected chi connectivity index (χ3v) is 9.89. The van der Waals surface area contributed by atoms with Crippen molar-refractivity contribution < 1.29 is 24.2 Å². The normalized spacial score (nSPS) is 28.1. The van der Waals surface area contributed by atoms with Gasteiger partial charge in [-0.25, -0.2) is 0 Å². The smallest absolute Gasteiger partial charge is 0.248 e. The summed E-state index contributed by atoms with van der Waals surface area (Å²) in [4.78, 5) is 48.4. The topological polar surface area (TPSA) is 90.4 Å². The number of aliphatic hydroxyl groups is 1. The van der Waals surface area contributed by atoms with Crippen molar-refractivity contribution in [1.29, 1.82) is 0 Å². The highest BCUT2D eigenvalue weighted by Gasteiger charge is 2.77. The number of anilines is 1. The van der Waals surface area contributed by atoms with Crippen LogP contribution in [0.15, 0.2) is 86.0 Å². The number of carbonyl (C=O) groups excluding carboxylic acids is 3. The summed E-state index contributed by atoms with van der Waals surface area (Å²) in [5.74, 6) is -2.55. The quantitative estimate of drug-likeness (QED) is 0.278. The predicted molar refractivity (Wildman–Crippen MR) is 170 cm³/mol. The molecule has 8 nitrogen and oxygen atoms in total. The molecule has 0 radical (unpaired) electrons. The van der Waals surface area contributed by atoms with E-state index in [1.807, 2.05) is 74.5 Å². The number of aliphatic hydroxyl groups excluding tert-OH is 1. The SMILES string of the molecule is C=CCN(C(=O)[C@H]1[C@H]2C(=O)N([C@@H](CO)Cc3ccccc3)C(C(=O)N(CC=C)C(C)C)C23CC(Br)[C@@H]1O3)c1ccccc1. The van der Waals surface area contributed by atoms with Crippen molar-refractivity contribution in [1.82, 2.24) is 9.80 Å². The minimum Gasteiger partial charge on any atom is -0.394 e. The van der Waals surface area contributed by atoms with Gasteiger partial charge in [0.15, 0.2) is 0 Å². The van der Waals surface area contributed by atoms with Gasteiger partial charge in [0, 0.05) is 29.6 Å². The maximum Gasteiger partial charge on any atom is 0.248 e. The second kappa shape index (κ2) is 12.8. The van der Waals surface area contributed by atoms with E-state index < -0.39 is 35.6 Å². The Bertz CT molecular complexity index is 1350. The molecule has 0 aromatic heterocycles. The van der Waals surface area contributed by atoms with E-state index in [0.717, 1.165) is 5.56 Å². The molecule has 43 heavy (non-hydrogen) atoms. The summed E-state index contributed by atoms with van der Waals surface area (Å²) in [6.45, 7) is 11.8. The summed E-state index contributed by atoms with van der Waals surface area (Å²) in [5.41, 5.74) is 0.390. The first-order chi connectivity index (χ1) is 20.7. The van der Waals surface area contributed by atoms with Gasteiger partial charge in [-0.05, 0) is 44.4 Å². The highest BCUT2D eigenvalue weighted by atomic mass is 79.9. The van der Waals surface area contributed by atoms with Crippen LogP contribution in [0.2, 0.25) is 0 Å². The number of hydrogen-bond acceptors (Lipinski definition) is 5. The van der Waals surface area contributed by atoms with E-state index in [-0.39, 0.29) is 41.7 Å². The maximum atomic E-state index is 14.7. The Morgan fingerprint density at radius 2 is 1.70 bits per heavy atom. The van der Waals surface area contributed by atoms with E-state index in [4.69, 9.17) is 4.74 Å². The molecule has 1 spiro atoms. The first kappa shape index (κ1) is 31.2. The summed E-state index contributed by atoms with van der Waals surface area (Å²) < 4.78 is 6.74. The van der Waals surface area contributed by atoms with Gasteiger partial charge in [0.25, 0.3) is 0 Å². The fourth-order valence-corrected chi connectivity index (χ4v) is 8.19. The van der Waals surface area contributed by atoms with Crippen LogP contribution in [-0.4, -0.2) is 87.0 Å². The molecule has 3 amide bonds. The molecule has 2 aromatic rings. The number of amides is 3. The van der Waals surface area contributed by atoms with Crippen molar-refractivity contribution in [3.63, 3.8) is 0 Å². The van der Waals surface area contributed by atoms with Gasteiger partial charge in [-0.2, -0.15) is 0 Å². The first-order valence-electron chi connectivity index (χ1n) is 14.9. The molecule has 0 aliphatic carbocycles. The highest BCUT2D eigenvalue weighted by molar-refractivity contribution is 9.09. The van der Waals surface area contributed by atoms with Crippen molar-refractivity contribution >= 4 is 39.3 Å². The Labute approximate surface area is 262 Å². The molecule has 7 atom stereocenters. The van der Waals surface area contributed by atoms with Crippen LogP contribution < -0.4 is 4.90 Å². The molecule has 3 fully saturated rings. The fraction of sp³-hybridized carbons (Fsp3) is 0.441. The van der Waals surface area contributed by atoms with Crippen LogP contribution in [0.3, 0.4) is 0 Å². The molecule has 3 saturated heterocycles. The monoisotopic (exact) mass is 649 g/mol. The number of halogens is 1. The van der Waals surface area contributed by atoms with E-state index in [2.05, 4.69) is 29.1 Å². The van der Waals surface area contributed by atoms with Crippen LogP contribution >= 0.6 is 15.9 Å². The Hall–Kier alpha value is -3.27. The molecule has 1 N–H and O–H groups in total. The molecule has 3 aliphatic rings. The van der Waals surface area contributed by atoms with Crippen LogP contribution in [0.4, 0.5) is 5.69 Å². The summed E-state index contributed by atoms with van der Waals surface area (Å²) in [5, 5.41) is 10.7. The number of nitrogens with zero attached hydrogens (tertiary/aromatic N) is 3. The zero-order chi connectivity index (χ0) is 30.9. The van der Waals surface area contributed by atoms with E-state index in [1.54, 1.807) is 26.9 Å². The maximum absolute atomic E-state index is 14.7. The minimum atomic E-state index is -1.23. The second-order valence-corrected chi connectivity index (χ2v) is 13.1. The molecule has 5 rings (SSSR count). The number of likely N-dealkylation sites (tertiary alicyclic amines) is 1. The number of ether oxygens (including phenoxy) is 1. The molecule has 0 saturated carbocycles. The van der Waals surface area contributed by atoms with Gasteiger partial charge in [-0.3, -0.25) is 14.4 Å². The highest BCUT2D eigenvalue weighted by Crippen LogP contribution is 2.61. The largest absolute Gasteiger partial charge is 0.394 e. The van der Waals surface area contributed by atoms with Crippen LogP contribution in [-0.2, 0) is 25.5 Å². The summed E-state index contributed by atoms with van der Waals surface area (Å²) in [6.07, 6.45) is 3.48. The standard InChI is InChI=1S/C34H40BrN3O5/c1-5-17-36(22(3)4)33(42)30-34-20-26(35)29(43-34)27(31(40)37(18-6-2)24-15-11-8-12-16-24)28(34)32(41)38(30)25(21-39)19-23-13-9-7-10-14-23/h5-16,22,25-30,39H,1-2,17-21H2,3-4H3/t25-,26?,27+,28+,29+,30?,34?/m1/s1. The van der Waals surface area contributed by atoms with Crippen molar-refractivity contribution in [3.05, 3.63) is 91.5 Å². The lowest BCUT2D eigenvalue weighted by Gasteiger charge is -2.40. The zero-order valence-electron chi connectivity index (χ0n) is 24.7. The van der Waals surface area contributed by atoms with Crippen molar-refractivity contribution in [2.24, 2.45) is 11.8 Å². The Morgan fingerprint density at radius 1 is 1.07 bits per heavy atom. The number of rotatable bonds is 12. The lowest BCUT2D eigenvalue weighted by Crippen LogP contribution is -2.60. The molecule has 2 bridgehead atoms. The Kier molecular flexibility index (Phi) is 9.25. The average molecular weight is 651 g/mol. The Morgan fingerprint density at radius 3 is 2.28 bits per heavy atom. The Balaban J connectivity index is 1.62. The van der Waals surface area contributed by atoms with Gasteiger partial charge in [0.1, 0.15) is 11.6 Å². The molecule has 228 valence electrons. The van der Waals surface area contributed by atoms with E-state index in [9.17, 15) is 19.5 Å². The van der Waals surface area contributed by atoms with Crippen molar-refractivity contribution in [2.45, 2.75) is 61.3 Å². The van der Waals surface area contributed by atoms with E-state index in [1.165, 1.54) is 0 Å². The third-order valence-electron chi connectivity index (χ3n) is 9.04. The second-order valence-electron chi connectivity index (χ2n) is 11.9. The van der Waals surface area contributed by atoms with Gasteiger partial charge in [0.05, 0.1) is 30.6 Å². The molecular formula is C34H40BrN3O5. The van der Waals surface area contributed by atoms with Gasteiger partial charge < -0.3 is 24.5 Å². The van der Waals surface area contributed by atoms with Crippen LogP contribution in [0, 0.1) is 11.8 Å². The number of alkyl halides is 1. The summed E-state index contributed by atoms with van der Waals surface area (Å²) in [6, 6.07) is 17.0. The number of carbonyl (C=O) groups is 3. The van der Waals surface area contributed by atoms with Gasteiger partial charge in [-0.15, -0.1) is 13.2 Å². The van der Waals surface area contributed by atoms with Crippen LogP contribution in [0.1, 0.15) is 25.8 Å². The molecular weight excluding hydrogens is 610 g/mol. The molecule has 9 heteroatoms. The zero-order valence-corrected chi connectivity index (χ0v) is 26.3. The third kappa shape index (κ3) is 5.36. The van der Waals surface area contributed by atoms with E-state index >= 15 is 0 Å². The predicted octanol–water partition coefficient (Wildman–Crippen LogP) is 3.98. The number of fused-ring (bicyclic) bond motifs is 1. The lowest BCUT2D eigenvalue weighted by molar-refractivity contribution is -0.152. The van der Waals surface area contributed by atoms with Crippen molar-refractivity contribution in [3.8, 4) is 0 Å². The van der Waals surface area contributed by atoms with Gasteiger partial charge in [-0.1, -0.05) is 76.6 Å². The molecule has 3 heterocycles. The summed E-state index contributed by atoms with van der Waals surface area (Å²) >= 11 is 3.76. The van der Waals surface area contributed by atoms with Crippen LogP contribution in [0.25, 0.3) is 0 Å². The number of benzene rings is 2. The first-order valence-corrected chi connectivity index (χ1v) is 15.8. The summed E-state index contributed by atoms with van der Waals surface area (Å²) in [7, 11) is 0. The van der Waals surface area contributed by atoms with E-state index in [0.29, 0.717) is 25.1 Å². The average Bonchev–Trinajstić information content (AvgIpc) is 3.60. The number of hydrogen-bond donors (Lipinski definition) is 1.